The molecule has 1 heterocycles. The van der Waals surface area contributed by atoms with Gasteiger partial charge in [-0.15, -0.1) is 0 Å². The number of nitrogens with one attached hydrogen (secondary N) is 1. The van der Waals surface area contributed by atoms with E-state index in [1.54, 1.807) is 0 Å². The van der Waals surface area contributed by atoms with Crippen molar-refractivity contribution in [1.29, 1.82) is 0 Å². The Labute approximate surface area is 111 Å². The van der Waals surface area contributed by atoms with Crippen LogP contribution in [0, 0.1) is 5.92 Å². The molecule has 0 saturated carbocycles. The molecule has 0 radical (unpaired) electrons. The molecule has 1 aromatic carbocycles. The first-order valence-corrected chi connectivity index (χ1v) is 6.83. The van der Waals surface area contributed by atoms with E-state index in [9.17, 15) is 5.11 Å². The Morgan fingerprint density at radius 2 is 2.06 bits per heavy atom. The molecule has 1 aromatic rings. The zero-order valence-electron chi connectivity index (χ0n) is 10.1. The molecule has 17 heavy (non-hydrogen) atoms. The fourth-order valence-electron chi connectivity index (χ4n) is 2.20. The molecule has 2 N–H and O–H groups in total. The lowest BCUT2D eigenvalue weighted by atomic mass is 10.1. The Morgan fingerprint density at radius 1 is 1.35 bits per heavy atom. The molecular formula is C13H19BrN2O. The maximum Gasteiger partial charge on any atom is 0.0601 e. The minimum Gasteiger partial charge on any atom is -0.395 e. The summed E-state index contributed by atoms with van der Waals surface area (Å²) in [7, 11) is 0. The highest BCUT2D eigenvalue weighted by Gasteiger charge is 2.20. The lowest BCUT2D eigenvalue weighted by molar-refractivity contribution is 0.247. The fourth-order valence-corrected chi connectivity index (χ4v) is 2.46. The molecule has 0 aliphatic carbocycles. The number of benzene rings is 1. The second-order valence-electron chi connectivity index (χ2n) is 4.77. The molecule has 1 fully saturated rings. The molecule has 0 spiro atoms. The summed E-state index contributed by atoms with van der Waals surface area (Å²) in [6, 6.07) is 8.54. The molecule has 2 rings (SSSR count). The predicted octanol–water partition coefficient (Wildman–Crippen LogP) is 1.86. The van der Waals surface area contributed by atoms with E-state index in [1.165, 1.54) is 5.69 Å². The Bertz CT molecular complexity index is 355. The van der Waals surface area contributed by atoms with Gasteiger partial charge in [0, 0.05) is 29.3 Å². The summed E-state index contributed by atoms with van der Waals surface area (Å²) >= 11 is 3.45. The summed E-state index contributed by atoms with van der Waals surface area (Å²) in [6.45, 7) is 5.30. The molecule has 1 saturated heterocycles. The normalized spacial score (nSPS) is 25.7. The van der Waals surface area contributed by atoms with Crippen molar-refractivity contribution in [3.05, 3.63) is 28.7 Å². The molecule has 1 aliphatic heterocycles. The van der Waals surface area contributed by atoms with E-state index in [0.717, 1.165) is 24.1 Å². The van der Waals surface area contributed by atoms with E-state index in [-0.39, 0.29) is 12.6 Å². The average molecular weight is 299 g/mol. The number of nitrogens with zero attached hydrogens (tertiary/aromatic N) is 1. The number of hydrogen-bond donors (Lipinski definition) is 2. The second kappa shape index (κ2) is 5.85. The van der Waals surface area contributed by atoms with Crippen LogP contribution in [0.25, 0.3) is 0 Å². The number of aliphatic hydroxyl groups is 1. The highest BCUT2D eigenvalue weighted by Crippen LogP contribution is 2.20. The lowest BCUT2D eigenvalue weighted by Gasteiger charge is -2.26. The molecule has 0 bridgehead atoms. The number of anilines is 1. The van der Waals surface area contributed by atoms with E-state index in [0.29, 0.717) is 5.92 Å². The van der Waals surface area contributed by atoms with E-state index in [1.807, 2.05) is 0 Å². The van der Waals surface area contributed by atoms with Gasteiger partial charge in [-0.25, -0.2) is 0 Å². The molecule has 94 valence electrons. The van der Waals surface area contributed by atoms with Crippen molar-refractivity contribution in [2.45, 2.75) is 13.0 Å². The maximum absolute atomic E-state index is 9.31. The van der Waals surface area contributed by atoms with E-state index in [4.69, 9.17) is 0 Å². The van der Waals surface area contributed by atoms with Gasteiger partial charge in [0.1, 0.15) is 0 Å². The smallest absolute Gasteiger partial charge is 0.0601 e. The first kappa shape index (κ1) is 12.9. The Hall–Kier alpha value is -0.580. The molecule has 2 atom stereocenters. The van der Waals surface area contributed by atoms with Crippen molar-refractivity contribution in [2.24, 2.45) is 5.92 Å². The van der Waals surface area contributed by atoms with Crippen molar-refractivity contribution in [2.75, 3.05) is 31.1 Å². The second-order valence-corrected chi connectivity index (χ2v) is 5.69. The van der Waals surface area contributed by atoms with Crippen LogP contribution in [0.15, 0.2) is 28.7 Å². The Kier molecular flexibility index (Phi) is 4.42. The third-order valence-electron chi connectivity index (χ3n) is 3.14. The average Bonchev–Trinajstić information content (AvgIpc) is 2.52. The van der Waals surface area contributed by atoms with Crippen LogP contribution in [0.2, 0.25) is 0 Å². The molecular weight excluding hydrogens is 280 g/mol. The quantitative estimate of drug-likeness (QED) is 0.875. The van der Waals surface area contributed by atoms with Crippen LogP contribution in [-0.4, -0.2) is 37.4 Å². The minimum atomic E-state index is 0.170. The van der Waals surface area contributed by atoms with E-state index >= 15 is 0 Å². The topological polar surface area (TPSA) is 35.5 Å². The maximum atomic E-state index is 9.31. The number of aliphatic hydroxyl groups excluding tert-OH is 1. The summed E-state index contributed by atoms with van der Waals surface area (Å²) in [5, 5.41) is 12.7. The highest BCUT2D eigenvalue weighted by molar-refractivity contribution is 9.10. The largest absolute Gasteiger partial charge is 0.395 e. The SMILES string of the molecule is CC1CNC(CO)CN(c2ccc(Br)cc2)C1. The van der Waals surface area contributed by atoms with Gasteiger partial charge in [0.25, 0.3) is 0 Å². The van der Waals surface area contributed by atoms with Crippen LogP contribution in [0.4, 0.5) is 5.69 Å². The summed E-state index contributed by atoms with van der Waals surface area (Å²) < 4.78 is 1.10. The van der Waals surface area contributed by atoms with Gasteiger partial charge >= 0.3 is 0 Å². The zero-order chi connectivity index (χ0) is 12.3. The van der Waals surface area contributed by atoms with Gasteiger partial charge in [0.2, 0.25) is 0 Å². The molecule has 4 heteroatoms. The van der Waals surface area contributed by atoms with Crippen molar-refractivity contribution >= 4 is 21.6 Å². The lowest BCUT2D eigenvalue weighted by Crippen LogP contribution is -2.40. The van der Waals surface area contributed by atoms with Gasteiger partial charge in [0.05, 0.1) is 6.61 Å². The molecule has 0 amide bonds. The summed E-state index contributed by atoms with van der Waals surface area (Å²) in [6.07, 6.45) is 0. The first-order valence-electron chi connectivity index (χ1n) is 6.04. The first-order chi connectivity index (χ1) is 8.19. The van der Waals surface area contributed by atoms with Gasteiger partial charge in [-0.3, -0.25) is 0 Å². The van der Waals surface area contributed by atoms with Crippen LogP contribution in [0.5, 0.6) is 0 Å². The Morgan fingerprint density at radius 3 is 2.71 bits per heavy atom. The van der Waals surface area contributed by atoms with Crippen LogP contribution < -0.4 is 10.2 Å². The van der Waals surface area contributed by atoms with E-state index in [2.05, 4.69) is 57.3 Å². The zero-order valence-corrected chi connectivity index (χ0v) is 11.7. The van der Waals surface area contributed by atoms with Gasteiger partial charge in [-0.05, 0) is 36.7 Å². The summed E-state index contributed by atoms with van der Waals surface area (Å²) in [5.74, 6) is 0.593. The van der Waals surface area contributed by atoms with Crippen LogP contribution in [0.1, 0.15) is 6.92 Å². The van der Waals surface area contributed by atoms with Crippen LogP contribution in [-0.2, 0) is 0 Å². The van der Waals surface area contributed by atoms with Crippen LogP contribution >= 0.6 is 15.9 Å². The van der Waals surface area contributed by atoms with Gasteiger partial charge in [-0.2, -0.15) is 0 Å². The Balaban J connectivity index is 2.14. The minimum absolute atomic E-state index is 0.170. The monoisotopic (exact) mass is 298 g/mol. The molecule has 1 aliphatic rings. The standard InChI is InChI=1S/C13H19BrN2O/c1-10-6-15-12(9-17)8-16(7-10)13-4-2-11(14)3-5-13/h2-5,10,12,15,17H,6-9H2,1H3. The van der Waals surface area contributed by atoms with Crippen molar-refractivity contribution in [3.63, 3.8) is 0 Å². The molecule has 3 nitrogen and oxygen atoms in total. The van der Waals surface area contributed by atoms with Crippen molar-refractivity contribution in [1.82, 2.24) is 5.32 Å². The van der Waals surface area contributed by atoms with Crippen molar-refractivity contribution < 1.29 is 5.11 Å². The van der Waals surface area contributed by atoms with Crippen LogP contribution in [0.3, 0.4) is 0 Å². The fraction of sp³-hybridized carbons (Fsp3) is 0.538. The third kappa shape index (κ3) is 3.44. The highest BCUT2D eigenvalue weighted by atomic mass is 79.9. The number of halogens is 1. The summed E-state index contributed by atoms with van der Waals surface area (Å²) in [5.41, 5.74) is 1.22. The third-order valence-corrected chi connectivity index (χ3v) is 3.67. The van der Waals surface area contributed by atoms with Gasteiger partial charge in [0.15, 0.2) is 0 Å². The number of hydrogen-bond acceptors (Lipinski definition) is 3. The van der Waals surface area contributed by atoms with Gasteiger partial charge < -0.3 is 15.3 Å². The van der Waals surface area contributed by atoms with Crippen molar-refractivity contribution in [3.8, 4) is 0 Å². The predicted molar refractivity (Wildman–Crippen MR) is 74.4 cm³/mol. The summed E-state index contributed by atoms with van der Waals surface area (Å²) in [4.78, 5) is 2.35. The van der Waals surface area contributed by atoms with E-state index < -0.39 is 0 Å². The van der Waals surface area contributed by atoms with Gasteiger partial charge in [-0.1, -0.05) is 22.9 Å². The molecule has 2 unspecified atom stereocenters. The number of rotatable bonds is 2. The molecule has 0 aromatic heterocycles.